The maximum Gasteiger partial charge on any atom is 0.336 e. The van der Waals surface area contributed by atoms with Crippen LogP contribution >= 0.6 is 0 Å². The summed E-state index contributed by atoms with van der Waals surface area (Å²) in [7, 11) is 1.44. The Labute approximate surface area is 171 Å². The van der Waals surface area contributed by atoms with E-state index in [1.165, 1.54) is 37.2 Å². The highest BCUT2D eigenvalue weighted by atomic mass is 16.5. The van der Waals surface area contributed by atoms with Crippen molar-refractivity contribution in [3.63, 3.8) is 0 Å². The molecular weight excluding hydrogens is 388 g/mol. The highest BCUT2D eigenvalue weighted by Gasteiger charge is 2.34. The molecule has 2 aromatic carbocycles. The van der Waals surface area contributed by atoms with Crippen molar-refractivity contribution in [2.75, 3.05) is 7.11 Å². The zero-order valence-electron chi connectivity index (χ0n) is 16.7. The molecule has 0 spiro atoms. The molecule has 1 atom stereocenters. The van der Waals surface area contributed by atoms with Gasteiger partial charge in [0.15, 0.2) is 17.1 Å². The number of rotatable bonds is 3. The minimum atomic E-state index is -0.534. The van der Waals surface area contributed by atoms with E-state index in [9.17, 15) is 19.8 Å². The third kappa shape index (κ3) is 3.16. The fourth-order valence-electron chi connectivity index (χ4n) is 3.76. The van der Waals surface area contributed by atoms with Gasteiger partial charge in [-0.05, 0) is 42.3 Å². The molecule has 3 aromatic rings. The molecule has 8 nitrogen and oxygen atoms in total. The topological polar surface area (TPSA) is 113 Å². The number of carbonyl (C=O) groups is 1. The lowest BCUT2D eigenvalue weighted by molar-refractivity contribution is -0.130. The molecule has 2 heterocycles. The number of fused-ring (bicyclic) bond motifs is 1. The summed E-state index contributed by atoms with van der Waals surface area (Å²) in [5, 5.41) is 26.9. The minimum absolute atomic E-state index is 0.0151. The van der Waals surface area contributed by atoms with Gasteiger partial charge in [-0.15, -0.1) is 0 Å². The van der Waals surface area contributed by atoms with Gasteiger partial charge in [0.2, 0.25) is 5.91 Å². The molecule has 0 aliphatic carbocycles. The summed E-state index contributed by atoms with van der Waals surface area (Å²) in [6.45, 7) is 3.17. The zero-order valence-corrected chi connectivity index (χ0v) is 16.7. The summed E-state index contributed by atoms with van der Waals surface area (Å²) in [6, 6.07) is 8.91. The molecule has 0 saturated heterocycles. The molecular formula is C22H20N2O6. The van der Waals surface area contributed by atoms with E-state index in [0.29, 0.717) is 22.2 Å². The number of hydrogen-bond acceptors (Lipinski definition) is 7. The number of aryl methyl sites for hydroxylation is 1. The van der Waals surface area contributed by atoms with Gasteiger partial charge < -0.3 is 19.4 Å². The third-order valence-corrected chi connectivity index (χ3v) is 5.21. The van der Waals surface area contributed by atoms with Gasteiger partial charge in [-0.25, -0.2) is 9.80 Å². The summed E-state index contributed by atoms with van der Waals surface area (Å²) in [5.41, 5.74) is 1.81. The van der Waals surface area contributed by atoms with Gasteiger partial charge in [0.25, 0.3) is 0 Å². The predicted molar refractivity (Wildman–Crippen MR) is 110 cm³/mol. The van der Waals surface area contributed by atoms with E-state index >= 15 is 0 Å². The quantitative estimate of drug-likeness (QED) is 0.644. The number of methoxy groups -OCH3 is 1. The summed E-state index contributed by atoms with van der Waals surface area (Å²) in [5.74, 6) is -0.125. The Morgan fingerprint density at radius 1 is 1.20 bits per heavy atom. The normalized spacial score (nSPS) is 16.0. The minimum Gasteiger partial charge on any atom is -0.507 e. The van der Waals surface area contributed by atoms with Crippen LogP contribution < -0.4 is 10.4 Å². The van der Waals surface area contributed by atoms with Crippen LogP contribution in [0.3, 0.4) is 0 Å². The number of amides is 1. The van der Waals surface area contributed by atoms with Gasteiger partial charge in [0.1, 0.15) is 5.75 Å². The van der Waals surface area contributed by atoms with E-state index in [0.717, 1.165) is 0 Å². The van der Waals surface area contributed by atoms with Gasteiger partial charge >= 0.3 is 5.63 Å². The second-order valence-electron chi connectivity index (χ2n) is 7.15. The Morgan fingerprint density at radius 2 is 1.93 bits per heavy atom. The Morgan fingerprint density at radius 3 is 2.63 bits per heavy atom. The number of phenols is 2. The van der Waals surface area contributed by atoms with Gasteiger partial charge in [-0.2, -0.15) is 5.10 Å². The number of ether oxygens (including phenoxy) is 1. The highest BCUT2D eigenvalue weighted by molar-refractivity contribution is 6.13. The number of aromatic hydroxyl groups is 2. The Hall–Kier alpha value is -3.81. The van der Waals surface area contributed by atoms with E-state index in [2.05, 4.69) is 5.10 Å². The molecule has 8 heteroatoms. The molecule has 1 aliphatic heterocycles. The van der Waals surface area contributed by atoms with Crippen molar-refractivity contribution < 1.29 is 24.2 Å². The van der Waals surface area contributed by atoms with Crippen LogP contribution in [0.4, 0.5) is 0 Å². The average Bonchev–Trinajstić information content (AvgIpc) is 3.13. The Bertz CT molecular complexity index is 1260. The van der Waals surface area contributed by atoms with Crippen molar-refractivity contribution in [3.05, 3.63) is 63.5 Å². The van der Waals surface area contributed by atoms with Crippen LogP contribution in [0.15, 0.2) is 50.7 Å². The molecule has 0 bridgehead atoms. The summed E-state index contributed by atoms with van der Waals surface area (Å²) in [4.78, 5) is 24.2. The van der Waals surface area contributed by atoms with Crippen molar-refractivity contribution >= 4 is 22.6 Å². The van der Waals surface area contributed by atoms with Crippen LogP contribution in [0.2, 0.25) is 0 Å². The lowest BCUT2D eigenvalue weighted by atomic mass is 9.95. The second kappa shape index (κ2) is 7.22. The van der Waals surface area contributed by atoms with Crippen molar-refractivity contribution in [2.24, 2.45) is 5.10 Å². The van der Waals surface area contributed by atoms with E-state index in [1.807, 2.05) is 0 Å². The molecule has 1 aliphatic rings. The fraction of sp³-hybridized carbons (Fsp3) is 0.227. The second-order valence-corrected chi connectivity index (χ2v) is 7.15. The number of nitrogens with zero attached hydrogens (tertiary/aromatic N) is 2. The van der Waals surface area contributed by atoms with Gasteiger partial charge in [0.05, 0.1) is 24.4 Å². The molecule has 1 amide bonds. The van der Waals surface area contributed by atoms with Gasteiger partial charge in [0, 0.05) is 24.8 Å². The molecule has 1 aromatic heterocycles. The molecule has 2 N–H and O–H groups in total. The molecule has 4 rings (SSSR count). The lowest BCUT2D eigenvalue weighted by Gasteiger charge is -2.21. The summed E-state index contributed by atoms with van der Waals surface area (Å²) in [6.07, 6.45) is 0.276. The van der Waals surface area contributed by atoms with Crippen LogP contribution in [0, 0.1) is 6.92 Å². The van der Waals surface area contributed by atoms with Crippen LogP contribution in [0.5, 0.6) is 17.2 Å². The maximum atomic E-state index is 12.3. The molecule has 154 valence electrons. The number of hydrazone groups is 1. The lowest BCUT2D eigenvalue weighted by Crippen LogP contribution is -2.24. The Balaban J connectivity index is 1.86. The smallest absolute Gasteiger partial charge is 0.336 e. The zero-order chi connectivity index (χ0) is 21.6. The van der Waals surface area contributed by atoms with E-state index < -0.39 is 11.7 Å². The predicted octanol–water partition coefficient (Wildman–Crippen LogP) is 3.22. The maximum absolute atomic E-state index is 12.3. The van der Waals surface area contributed by atoms with Crippen LogP contribution in [-0.4, -0.2) is 34.0 Å². The van der Waals surface area contributed by atoms with Crippen molar-refractivity contribution in [1.82, 2.24) is 5.01 Å². The van der Waals surface area contributed by atoms with Crippen molar-refractivity contribution in [3.8, 4) is 17.2 Å². The van der Waals surface area contributed by atoms with E-state index in [4.69, 9.17) is 9.15 Å². The molecule has 30 heavy (non-hydrogen) atoms. The average molecular weight is 408 g/mol. The van der Waals surface area contributed by atoms with Crippen LogP contribution in [0.25, 0.3) is 11.0 Å². The first-order valence-corrected chi connectivity index (χ1v) is 9.31. The van der Waals surface area contributed by atoms with E-state index in [-0.39, 0.29) is 40.7 Å². The first-order chi connectivity index (χ1) is 14.3. The third-order valence-electron chi connectivity index (χ3n) is 5.21. The monoisotopic (exact) mass is 408 g/mol. The standard InChI is InChI=1S/C22H20N2O6/c1-11-8-20(28)30-22-14(11)5-7-18(27)21(22)15-10-16(24(23-15)12(2)25)13-4-6-17(26)19(9-13)29-3/h4-9,16,26-27H,10H2,1-3H3. The molecule has 0 saturated carbocycles. The summed E-state index contributed by atoms with van der Waals surface area (Å²) < 4.78 is 10.6. The largest absolute Gasteiger partial charge is 0.507 e. The van der Waals surface area contributed by atoms with Gasteiger partial charge in [-0.3, -0.25) is 4.79 Å². The molecule has 0 fully saturated rings. The highest BCUT2D eigenvalue weighted by Crippen LogP contribution is 2.39. The number of benzene rings is 2. The van der Waals surface area contributed by atoms with Gasteiger partial charge in [-0.1, -0.05) is 6.07 Å². The van der Waals surface area contributed by atoms with Crippen LogP contribution in [-0.2, 0) is 4.79 Å². The fourth-order valence-corrected chi connectivity index (χ4v) is 3.76. The summed E-state index contributed by atoms with van der Waals surface area (Å²) >= 11 is 0. The first kappa shape index (κ1) is 19.5. The first-order valence-electron chi connectivity index (χ1n) is 9.31. The Kier molecular flexibility index (Phi) is 4.69. The number of hydrogen-bond donors (Lipinski definition) is 2. The molecule has 1 unspecified atom stereocenters. The van der Waals surface area contributed by atoms with Crippen molar-refractivity contribution in [1.29, 1.82) is 0 Å². The molecule has 0 radical (unpaired) electrons. The number of phenolic OH excluding ortho intramolecular Hbond substituents is 2. The SMILES string of the molecule is COc1cc(C2CC(c3c(O)ccc4c(C)cc(=O)oc34)=NN2C(C)=O)ccc1O. The van der Waals surface area contributed by atoms with E-state index in [1.54, 1.807) is 25.1 Å². The number of carbonyl (C=O) groups excluding carboxylic acids is 1. The van der Waals surface area contributed by atoms with Crippen molar-refractivity contribution in [2.45, 2.75) is 26.3 Å². The van der Waals surface area contributed by atoms with Crippen LogP contribution in [0.1, 0.15) is 36.1 Å².